The third-order valence-electron chi connectivity index (χ3n) is 1.72. The van der Waals surface area contributed by atoms with Crippen molar-refractivity contribution in [2.45, 2.75) is 31.3 Å². The molecule has 0 aliphatic carbocycles. The molecular weight excluding hydrogens is 218 g/mol. The Hall–Kier alpha value is 0.330. The van der Waals surface area contributed by atoms with Crippen molar-refractivity contribution in [1.82, 2.24) is 4.98 Å². The summed E-state index contributed by atoms with van der Waals surface area (Å²) in [5, 5.41) is 1.25. The van der Waals surface area contributed by atoms with Crippen molar-refractivity contribution in [1.29, 1.82) is 0 Å². The molecule has 0 bridgehead atoms. The topological polar surface area (TPSA) is 12.9 Å². The van der Waals surface area contributed by atoms with Crippen LogP contribution in [0.3, 0.4) is 0 Å². The third-order valence-corrected chi connectivity index (χ3v) is 4.09. The van der Waals surface area contributed by atoms with E-state index in [1.165, 1.54) is 22.0 Å². The molecule has 1 rings (SSSR count). The molecule has 1 aromatic heterocycles. The summed E-state index contributed by atoms with van der Waals surface area (Å²) in [5.74, 6) is 1.87. The Bertz CT molecular complexity index is 257. The van der Waals surface area contributed by atoms with E-state index in [4.69, 9.17) is 0 Å². The van der Waals surface area contributed by atoms with E-state index in [9.17, 15) is 0 Å². The molecule has 0 aliphatic heterocycles. The average molecular weight is 233 g/mol. The average Bonchev–Trinajstić information content (AvgIpc) is 2.49. The summed E-state index contributed by atoms with van der Waals surface area (Å²) in [7, 11) is 0. The Morgan fingerprint density at radius 1 is 1.54 bits per heavy atom. The molecular formula is C9H15NS3. The Morgan fingerprint density at radius 3 is 2.85 bits per heavy atom. The Morgan fingerprint density at radius 2 is 2.31 bits per heavy atom. The second kappa shape index (κ2) is 5.94. The number of thiazole rings is 1. The van der Waals surface area contributed by atoms with Crippen LogP contribution < -0.4 is 0 Å². The van der Waals surface area contributed by atoms with Crippen LogP contribution in [0.4, 0.5) is 0 Å². The van der Waals surface area contributed by atoms with Crippen molar-refractivity contribution in [2.75, 3.05) is 6.26 Å². The molecule has 1 aromatic rings. The highest BCUT2D eigenvalue weighted by molar-refractivity contribution is 7.97. The molecule has 0 aromatic carbocycles. The summed E-state index contributed by atoms with van der Waals surface area (Å²) >= 11 is 7.96. The van der Waals surface area contributed by atoms with Gasteiger partial charge in [-0.05, 0) is 12.7 Å². The molecule has 0 saturated heterocycles. The van der Waals surface area contributed by atoms with Crippen molar-refractivity contribution < 1.29 is 0 Å². The quantitative estimate of drug-likeness (QED) is 0.783. The molecule has 13 heavy (non-hydrogen) atoms. The first-order chi connectivity index (χ1) is 6.31. The molecule has 0 atom stereocenters. The van der Waals surface area contributed by atoms with Crippen molar-refractivity contribution in [3.05, 3.63) is 15.6 Å². The van der Waals surface area contributed by atoms with Crippen LogP contribution in [-0.2, 0) is 17.9 Å². The zero-order valence-electron chi connectivity index (χ0n) is 8.04. The lowest BCUT2D eigenvalue weighted by atomic mass is 10.2. The number of hydrogen-bond donors (Lipinski definition) is 1. The maximum Gasteiger partial charge on any atom is 0.103 e. The molecule has 1 nitrogen and oxygen atoms in total. The Balaban J connectivity index is 2.77. The van der Waals surface area contributed by atoms with Gasteiger partial charge in [-0.3, -0.25) is 0 Å². The summed E-state index contributed by atoms with van der Waals surface area (Å²) in [5.41, 5.74) is 1.27. The van der Waals surface area contributed by atoms with E-state index < -0.39 is 0 Å². The number of thioether (sulfide) groups is 1. The van der Waals surface area contributed by atoms with Gasteiger partial charge in [-0.25, -0.2) is 4.98 Å². The smallest absolute Gasteiger partial charge is 0.103 e. The molecule has 0 unspecified atom stereocenters. The van der Waals surface area contributed by atoms with Gasteiger partial charge in [0.1, 0.15) is 5.01 Å². The third kappa shape index (κ3) is 3.18. The fraction of sp³-hybridized carbons (Fsp3) is 0.667. The van der Waals surface area contributed by atoms with Gasteiger partial charge in [0.15, 0.2) is 0 Å². The predicted octanol–water partition coefficient (Wildman–Crippen LogP) is 3.39. The SMILES string of the molecule is CCCc1nc(CSC)sc1CS. The van der Waals surface area contributed by atoms with E-state index in [-0.39, 0.29) is 0 Å². The molecule has 0 N–H and O–H groups in total. The van der Waals surface area contributed by atoms with Crippen molar-refractivity contribution >= 4 is 35.7 Å². The minimum Gasteiger partial charge on any atom is -0.245 e. The van der Waals surface area contributed by atoms with Crippen LogP contribution in [0.1, 0.15) is 28.9 Å². The van der Waals surface area contributed by atoms with Gasteiger partial charge in [-0.15, -0.1) is 11.3 Å². The van der Waals surface area contributed by atoms with Gasteiger partial charge in [-0.1, -0.05) is 13.3 Å². The van der Waals surface area contributed by atoms with Gasteiger partial charge < -0.3 is 0 Å². The Kier molecular flexibility index (Phi) is 5.21. The van der Waals surface area contributed by atoms with E-state index in [1.54, 1.807) is 0 Å². The van der Waals surface area contributed by atoms with Gasteiger partial charge in [0, 0.05) is 16.4 Å². The lowest BCUT2D eigenvalue weighted by molar-refractivity contribution is 0.878. The van der Waals surface area contributed by atoms with Crippen LogP contribution in [0, 0.1) is 0 Å². The zero-order valence-corrected chi connectivity index (χ0v) is 10.6. The number of aryl methyl sites for hydroxylation is 1. The van der Waals surface area contributed by atoms with Crippen LogP contribution in [0.15, 0.2) is 0 Å². The fourth-order valence-corrected chi connectivity index (χ4v) is 3.22. The molecule has 0 saturated carbocycles. The van der Waals surface area contributed by atoms with E-state index in [2.05, 4.69) is 30.8 Å². The van der Waals surface area contributed by atoms with Crippen molar-refractivity contribution in [3.8, 4) is 0 Å². The van der Waals surface area contributed by atoms with Crippen molar-refractivity contribution in [2.24, 2.45) is 0 Å². The molecule has 0 radical (unpaired) electrons. The molecule has 0 spiro atoms. The molecule has 0 aliphatic rings. The van der Waals surface area contributed by atoms with Crippen LogP contribution in [0.25, 0.3) is 0 Å². The number of hydrogen-bond acceptors (Lipinski definition) is 4. The first-order valence-corrected chi connectivity index (χ1v) is 7.23. The lowest BCUT2D eigenvalue weighted by Crippen LogP contribution is -1.88. The Labute approximate surface area is 93.8 Å². The zero-order chi connectivity index (χ0) is 9.68. The molecule has 1 heterocycles. The van der Waals surface area contributed by atoms with Crippen LogP contribution in [-0.4, -0.2) is 11.2 Å². The summed E-state index contributed by atoms with van der Waals surface area (Å²) in [6.45, 7) is 2.19. The largest absolute Gasteiger partial charge is 0.245 e. The van der Waals surface area contributed by atoms with E-state index in [0.717, 1.165) is 17.9 Å². The van der Waals surface area contributed by atoms with Crippen LogP contribution in [0.5, 0.6) is 0 Å². The summed E-state index contributed by atoms with van der Waals surface area (Å²) < 4.78 is 0. The normalized spacial score (nSPS) is 10.7. The number of nitrogens with zero attached hydrogens (tertiary/aromatic N) is 1. The first-order valence-electron chi connectivity index (χ1n) is 4.39. The van der Waals surface area contributed by atoms with Gasteiger partial charge in [-0.2, -0.15) is 24.4 Å². The summed E-state index contributed by atoms with van der Waals surface area (Å²) in [4.78, 5) is 5.97. The maximum absolute atomic E-state index is 4.61. The minimum atomic E-state index is 0.835. The monoisotopic (exact) mass is 233 g/mol. The van der Waals surface area contributed by atoms with Gasteiger partial charge in [0.05, 0.1) is 5.69 Å². The second-order valence-electron chi connectivity index (χ2n) is 2.82. The van der Waals surface area contributed by atoms with Gasteiger partial charge in [0.25, 0.3) is 0 Å². The van der Waals surface area contributed by atoms with Crippen LogP contribution >= 0.6 is 35.7 Å². The lowest BCUT2D eigenvalue weighted by Gasteiger charge is -1.94. The molecule has 4 heteroatoms. The summed E-state index contributed by atoms with van der Waals surface area (Å²) in [6, 6.07) is 0. The van der Waals surface area contributed by atoms with E-state index in [1.807, 2.05) is 23.1 Å². The first kappa shape index (κ1) is 11.4. The van der Waals surface area contributed by atoms with Gasteiger partial charge in [0.2, 0.25) is 0 Å². The van der Waals surface area contributed by atoms with Crippen LogP contribution in [0.2, 0.25) is 0 Å². The highest BCUT2D eigenvalue weighted by Gasteiger charge is 2.08. The van der Waals surface area contributed by atoms with E-state index >= 15 is 0 Å². The maximum atomic E-state index is 4.61. The number of aromatic nitrogens is 1. The fourth-order valence-electron chi connectivity index (χ4n) is 1.18. The van der Waals surface area contributed by atoms with Gasteiger partial charge >= 0.3 is 0 Å². The molecule has 0 fully saturated rings. The molecule has 0 amide bonds. The second-order valence-corrected chi connectivity index (χ2v) is 5.17. The highest BCUT2D eigenvalue weighted by Crippen LogP contribution is 2.24. The standard InChI is InChI=1S/C9H15NS3/c1-3-4-7-8(5-11)13-9(10-7)6-12-2/h11H,3-6H2,1-2H3. The van der Waals surface area contributed by atoms with E-state index in [0.29, 0.717) is 0 Å². The highest BCUT2D eigenvalue weighted by atomic mass is 32.2. The number of rotatable bonds is 5. The minimum absolute atomic E-state index is 0.835. The summed E-state index contributed by atoms with van der Waals surface area (Å²) in [6.07, 6.45) is 4.38. The van der Waals surface area contributed by atoms with Crippen molar-refractivity contribution in [3.63, 3.8) is 0 Å². The number of thiol groups is 1. The predicted molar refractivity (Wildman–Crippen MR) is 66.0 cm³/mol. The molecule has 74 valence electrons.